The van der Waals surface area contributed by atoms with Crippen molar-refractivity contribution in [2.24, 2.45) is 11.8 Å². The molecule has 10 nitrogen and oxygen atoms in total. The van der Waals surface area contributed by atoms with Crippen molar-refractivity contribution in [2.75, 3.05) is 0 Å². The number of benzene rings is 1. The van der Waals surface area contributed by atoms with Gasteiger partial charge in [0, 0.05) is 11.5 Å². The van der Waals surface area contributed by atoms with E-state index in [-0.39, 0.29) is 27.6 Å². The molecule has 0 radical (unpaired) electrons. The normalized spacial score (nSPS) is 24.3. The van der Waals surface area contributed by atoms with Crippen molar-refractivity contribution in [3.63, 3.8) is 0 Å². The molecule has 5 atom stereocenters. The number of nitrogens with zero attached hydrogens (tertiary/aromatic N) is 1. The fourth-order valence-corrected chi connectivity index (χ4v) is 5.98. The standard InChI is InChI=1S/C27H37NO9S/c1-6-7-8-9-18-13-21(30)24(20-12-16(4)10-11-19(20)15(2)3)22(14-18)36-27(32)37-26-23(17(5)29)25(31)28(26)38(33,34)35/h12-14,17,19-20,23,26,29-30H,2,6-11H2,1,3-5H3,(H,33,34,35)/t17-,19+,20-,23+,26?/m1/s1. The van der Waals surface area contributed by atoms with Crippen LogP contribution in [0.25, 0.3) is 0 Å². The van der Waals surface area contributed by atoms with Crippen molar-refractivity contribution >= 4 is 22.4 Å². The molecular weight excluding hydrogens is 514 g/mol. The Morgan fingerprint density at radius 2 is 1.97 bits per heavy atom. The van der Waals surface area contributed by atoms with Crippen LogP contribution in [0.2, 0.25) is 0 Å². The molecule has 1 aromatic carbocycles. The van der Waals surface area contributed by atoms with Crippen molar-refractivity contribution in [1.29, 1.82) is 0 Å². The molecule has 0 bridgehead atoms. The van der Waals surface area contributed by atoms with Crippen LogP contribution in [0, 0.1) is 11.8 Å². The molecule has 1 unspecified atom stereocenters. The summed E-state index contributed by atoms with van der Waals surface area (Å²) in [6.07, 6.45) is 2.66. The van der Waals surface area contributed by atoms with Crippen molar-refractivity contribution in [3.8, 4) is 11.5 Å². The van der Waals surface area contributed by atoms with Crippen LogP contribution in [0.5, 0.6) is 11.5 Å². The maximum absolute atomic E-state index is 12.9. The monoisotopic (exact) mass is 551 g/mol. The maximum atomic E-state index is 12.9. The Morgan fingerprint density at radius 1 is 1.29 bits per heavy atom. The van der Waals surface area contributed by atoms with Gasteiger partial charge >= 0.3 is 16.5 Å². The molecule has 1 aliphatic heterocycles. The van der Waals surface area contributed by atoms with Gasteiger partial charge in [0.2, 0.25) is 6.23 Å². The zero-order valence-electron chi connectivity index (χ0n) is 22.2. The van der Waals surface area contributed by atoms with E-state index in [1.165, 1.54) is 6.92 Å². The van der Waals surface area contributed by atoms with E-state index in [1.54, 1.807) is 12.1 Å². The number of ether oxygens (including phenoxy) is 2. The Kier molecular flexibility index (Phi) is 9.27. The zero-order chi connectivity index (χ0) is 28.4. The molecule has 1 aliphatic carbocycles. The topological polar surface area (TPSA) is 151 Å². The first kappa shape index (κ1) is 29.7. The lowest BCUT2D eigenvalue weighted by Crippen LogP contribution is -2.67. The Labute approximate surface area is 223 Å². The number of phenols is 1. The summed E-state index contributed by atoms with van der Waals surface area (Å²) in [6, 6.07) is 3.31. The van der Waals surface area contributed by atoms with E-state index in [9.17, 15) is 32.8 Å². The number of β-lactam (4-membered cyclic amide) rings is 1. The average molecular weight is 552 g/mol. The van der Waals surface area contributed by atoms with Gasteiger partial charge in [-0.25, -0.2) is 4.79 Å². The summed E-state index contributed by atoms with van der Waals surface area (Å²) in [5.74, 6) is -2.87. The summed E-state index contributed by atoms with van der Waals surface area (Å²) in [5.41, 5.74) is 3.14. The molecule has 38 heavy (non-hydrogen) atoms. The largest absolute Gasteiger partial charge is 0.515 e. The second-order valence-corrected chi connectivity index (χ2v) is 11.5. The van der Waals surface area contributed by atoms with Gasteiger partial charge in [0.25, 0.3) is 5.91 Å². The number of carbonyl (C=O) groups is 2. The number of hydrogen-bond donors (Lipinski definition) is 3. The Bertz CT molecular complexity index is 1220. The number of aliphatic hydroxyl groups is 1. The minimum atomic E-state index is -5.04. The molecule has 1 aromatic rings. The molecule has 3 N–H and O–H groups in total. The van der Waals surface area contributed by atoms with Gasteiger partial charge in [-0.1, -0.05) is 43.6 Å². The summed E-state index contributed by atoms with van der Waals surface area (Å²) >= 11 is 0. The molecule has 0 aromatic heterocycles. The number of hydrogen-bond acceptors (Lipinski definition) is 8. The van der Waals surface area contributed by atoms with Crippen LogP contribution in [0.15, 0.2) is 35.9 Å². The molecule has 0 spiro atoms. The van der Waals surface area contributed by atoms with Crippen molar-refractivity contribution in [3.05, 3.63) is 47.1 Å². The molecule has 11 heteroatoms. The summed E-state index contributed by atoms with van der Waals surface area (Å²) < 4.78 is 43.3. The number of rotatable bonds is 10. The van der Waals surface area contributed by atoms with Crippen molar-refractivity contribution in [1.82, 2.24) is 4.31 Å². The zero-order valence-corrected chi connectivity index (χ0v) is 23.0. The van der Waals surface area contributed by atoms with Crippen LogP contribution < -0.4 is 4.74 Å². The fraction of sp³-hybridized carbons (Fsp3) is 0.556. The second-order valence-electron chi connectivity index (χ2n) is 10.3. The number of unbranched alkanes of at least 4 members (excludes halogenated alkanes) is 2. The average Bonchev–Trinajstić information content (AvgIpc) is 2.77. The number of phenolic OH excluding ortho intramolecular Hbond substituents is 1. The number of allylic oxidation sites excluding steroid dienone is 3. The summed E-state index contributed by atoms with van der Waals surface area (Å²) in [5, 5.41) is 21.0. The van der Waals surface area contributed by atoms with E-state index in [0.29, 0.717) is 12.0 Å². The molecule has 1 fully saturated rings. The lowest BCUT2D eigenvalue weighted by atomic mass is 9.73. The van der Waals surface area contributed by atoms with E-state index in [2.05, 4.69) is 13.5 Å². The van der Waals surface area contributed by atoms with E-state index in [4.69, 9.17) is 9.47 Å². The molecule has 2 aliphatic rings. The quantitative estimate of drug-likeness (QED) is 0.0944. The minimum Gasteiger partial charge on any atom is -0.507 e. The van der Waals surface area contributed by atoms with Crippen molar-refractivity contribution in [2.45, 2.75) is 84.5 Å². The SMILES string of the molecule is C=C(C)[C@@H]1CCC(C)=C[C@H]1c1c(O)cc(CCCCC)cc1OC(=O)OC1[C@@H]([C@@H](C)O)C(=O)N1S(=O)(=O)O. The summed E-state index contributed by atoms with van der Waals surface area (Å²) in [7, 11) is -5.04. The molecule has 1 saturated heterocycles. The lowest BCUT2D eigenvalue weighted by molar-refractivity contribution is -0.178. The fourth-order valence-electron chi connectivity index (χ4n) is 5.20. The van der Waals surface area contributed by atoms with Gasteiger partial charge in [-0.05, 0) is 70.1 Å². The van der Waals surface area contributed by atoms with E-state index in [1.807, 2.05) is 19.9 Å². The third kappa shape index (κ3) is 6.39. The Hall–Kier alpha value is -2.89. The predicted molar refractivity (Wildman–Crippen MR) is 140 cm³/mol. The molecule has 3 rings (SSSR count). The van der Waals surface area contributed by atoms with Crippen LogP contribution >= 0.6 is 0 Å². The number of aromatic hydroxyl groups is 1. The molecular formula is C27H37NO9S. The minimum absolute atomic E-state index is 0.0183. The van der Waals surface area contributed by atoms with E-state index >= 15 is 0 Å². The molecule has 1 heterocycles. The third-order valence-corrected chi connectivity index (χ3v) is 8.07. The predicted octanol–water partition coefficient (Wildman–Crippen LogP) is 4.62. The molecule has 1 amide bonds. The lowest BCUT2D eigenvalue weighted by Gasteiger charge is -2.43. The van der Waals surface area contributed by atoms with Crippen LogP contribution in [-0.4, -0.2) is 51.9 Å². The van der Waals surface area contributed by atoms with Gasteiger partial charge in [-0.3, -0.25) is 9.35 Å². The first-order valence-corrected chi connectivity index (χ1v) is 14.2. The summed E-state index contributed by atoms with van der Waals surface area (Å²) in [4.78, 5) is 25.1. The van der Waals surface area contributed by atoms with Gasteiger partial charge in [-0.2, -0.15) is 12.7 Å². The highest BCUT2D eigenvalue weighted by Gasteiger charge is 2.58. The van der Waals surface area contributed by atoms with Gasteiger partial charge in [-0.15, -0.1) is 0 Å². The molecule has 0 saturated carbocycles. The maximum Gasteiger partial charge on any atom is 0.515 e. The third-order valence-electron chi connectivity index (χ3n) is 7.18. The number of aryl methyl sites for hydroxylation is 1. The second kappa shape index (κ2) is 11.9. The molecule has 210 valence electrons. The first-order valence-electron chi connectivity index (χ1n) is 12.8. The van der Waals surface area contributed by atoms with Gasteiger partial charge < -0.3 is 19.7 Å². The number of carbonyl (C=O) groups excluding carboxylic acids is 2. The number of amides is 1. The van der Waals surface area contributed by atoms with E-state index < -0.39 is 40.6 Å². The van der Waals surface area contributed by atoms with Crippen LogP contribution in [0.4, 0.5) is 4.79 Å². The highest BCUT2D eigenvalue weighted by atomic mass is 32.2. The Balaban J connectivity index is 1.98. The van der Waals surface area contributed by atoms with Crippen LogP contribution in [0.1, 0.15) is 76.8 Å². The number of aliphatic hydroxyl groups excluding tert-OH is 1. The smallest absolute Gasteiger partial charge is 0.507 e. The first-order chi connectivity index (χ1) is 17.8. The van der Waals surface area contributed by atoms with Crippen LogP contribution in [0.3, 0.4) is 0 Å². The van der Waals surface area contributed by atoms with Gasteiger partial charge in [0.1, 0.15) is 17.4 Å². The Morgan fingerprint density at radius 3 is 2.55 bits per heavy atom. The summed E-state index contributed by atoms with van der Waals surface area (Å²) in [6.45, 7) is 11.3. The van der Waals surface area contributed by atoms with Gasteiger partial charge in [0.15, 0.2) is 0 Å². The van der Waals surface area contributed by atoms with Crippen LogP contribution in [-0.2, 0) is 26.3 Å². The highest BCUT2D eigenvalue weighted by molar-refractivity contribution is 7.84. The highest BCUT2D eigenvalue weighted by Crippen LogP contribution is 2.47. The van der Waals surface area contributed by atoms with Crippen molar-refractivity contribution < 1.29 is 42.2 Å². The van der Waals surface area contributed by atoms with Gasteiger partial charge in [0.05, 0.1) is 6.10 Å². The van der Waals surface area contributed by atoms with E-state index in [0.717, 1.165) is 48.8 Å².